The number of hydrogen-bond donors (Lipinski definition) is 0. The summed E-state index contributed by atoms with van der Waals surface area (Å²) < 4.78 is 0. The van der Waals surface area contributed by atoms with E-state index in [9.17, 15) is 4.79 Å². The SMILES string of the molecule is Cc1ccc(C(=O)C(C)N2CCSCC2)cc1C. The van der Waals surface area contributed by atoms with E-state index >= 15 is 0 Å². The van der Waals surface area contributed by atoms with Crippen LogP contribution in [-0.4, -0.2) is 41.3 Å². The fourth-order valence-electron chi connectivity index (χ4n) is 2.27. The first-order valence-electron chi connectivity index (χ1n) is 6.53. The number of aryl methyl sites for hydroxylation is 2. The molecule has 1 saturated heterocycles. The van der Waals surface area contributed by atoms with Crippen molar-refractivity contribution in [3.8, 4) is 0 Å². The normalized spacial score (nSPS) is 18.6. The van der Waals surface area contributed by atoms with Gasteiger partial charge in [0, 0.05) is 30.2 Å². The molecule has 0 N–H and O–H groups in total. The van der Waals surface area contributed by atoms with Gasteiger partial charge in [0.25, 0.3) is 0 Å². The summed E-state index contributed by atoms with van der Waals surface area (Å²) in [6, 6.07) is 6.03. The van der Waals surface area contributed by atoms with Gasteiger partial charge in [-0.2, -0.15) is 11.8 Å². The van der Waals surface area contributed by atoms with Gasteiger partial charge in [0.2, 0.25) is 0 Å². The lowest BCUT2D eigenvalue weighted by atomic mass is 9.99. The molecule has 1 unspecified atom stereocenters. The highest BCUT2D eigenvalue weighted by atomic mass is 32.2. The third-order valence-corrected chi connectivity index (χ3v) is 4.71. The van der Waals surface area contributed by atoms with Crippen LogP contribution in [0.15, 0.2) is 18.2 Å². The van der Waals surface area contributed by atoms with Crippen molar-refractivity contribution >= 4 is 17.5 Å². The molecule has 18 heavy (non-hydrogen) atoms. The van der Waals surface area contributed by atoms with E-state index in [0.717, 1.165) is 30.2 Å². The van der Waals surface area contributed by atoms with Gasteiger partial charge in [-0.25, -0.2) is 0 Å². The van der Waals surface area contributed by atoms with Crippen molar-refractivity contribution in [1.29, 1.82) is 0 Å². The van der Waals surface area contributed by atoms with Crippen LogP contribution >= 0.6 is 11.8 Å². The first-order valence-corrected chi connectivity index (χ1v) is 7.68. The molecular formula is C15H21NOS. The summed E-state index contributed by atoms with van der Waals surface area (Å²) in [5.41, 5.74) is 3.29. The van der Waals surface area contributed by atoms with Crippen LogP contribution in [0.25, 0.3) is 0 Å². The van der Waals surface area contributed by atoms with E-state index in [0.29, 0.717) is 0 Å². The average molecular weight is 263 g/mol. The van der Waals surface area contributed by atoms with Crippen molar-refractivity contribution in [3.63, 3.8) is 0 Å². The van der Waals surface area contributed by atoms with Crippen molar-refractivity contribution in [2.24, 2.45) is 0 Å². The highest BCUT2D eigenvalue weighted by molar-refractivity contribution is 7.99. The molecule has 0 bridgehead atoms. The molecule has 1 aliphatic heterocycles. The summed E-state index contributed by atoms with van der Waals surface area (Å²) in [7, 11) is 0. The minimum Gasteiger partial charge on any atom is -0.292 e. The third kappa shape index (κ3) is 2.96. The second-order valence-electron chi connectivity index (χ2n) is 4.99. The summed E-state index contributed by atoms with van der Waals surface area (Å²) in [4.78, 5) is 14.8. The van der Waals surface area contributed by atoms with Crippen molar-refractivity contribution in [1.82, 2.24) is 4.90 Å². The number of rotatable bonds is 3. The first kappa shape index (κ1) is 13.6. The summed E-state index contributed by atoms with van der Waals surface area (Å²) >= 11 is 1.98. The van der Waals surface area contributed by atoms with Crippen LogP contribution in [0.5, 0.6) is 0 Å². The highest BCUT2D eigenvalue weighted by Gasteiger charge is 2.23. The van der Waals surface area contributed by atoms with E-state index < -0.39 is 0 Å². The molecule has 0 aromatic heterocycles. The van der Waals surface area contributed by atoms with Gasteiger partial charge in [-0.3, -0.25) is 9.69 Å². The minimum absolute atomic E-state index is 0.00741. The number of carbonyl (C=O) groups is 1. The first-order chi connectivity index (χ1) is 8.59. The molecule has 0 spiro atoms. The maximum Gasteiger partial charge on any atom is 0.179 e. The summed E-state index contributed by atoms with van der Waals surface area (Å²) in [6.45, 7) is 8.24. The fraction of sp³-hybridized carbons (Fsp3) is 0.533. The molecule has 2 nitrogen and oxygen atoms in total. The molecular weight excluding hydrogens is 242 g/mol. The lowest BCUT2D eigenvalue weighted by molar-refractivity contribution is 0.0851. The van der Waals surface area contributed by atoms with Gasteiger partial charge in [-0.05, 0) is 38.0 Å². The van der Waals surface area contributed by atoms with E-state index in [1.54, 1.807) is 0 Å². The average Bonchev–Trinajstić information content (AvgIpc) is 2.41. The fourth-order valence-corrected chi connectivity index (χ4v) is 3.20. The molecule has 1 fully saturated rings. The zero-order valence-corrected chi connectivity index (χ0v) is 12.2. The number of Topliss-reactive ketones (excluding diaryl/α,β-unsaturated/α-hetero) is 1. The number of benzene rings is 1. The van der Waals surface area contributed by atoms with Crippen molar-refractivity contribution < 1.29 is 4.79 Å². The van der Waals surface area contributed by atoms with Gasteiger partial charge < -0.3 is 0 Å². The van der Waals surface area contributed by atoms with Crippen LogP contribution in [0.4, 0.5) is 0 Å². The Kier molecular flexibility index (Phi) is 4.46. The topological polar surface area (TPSA) is 20.3 Å². The molecule has 1 atom stereocenters. The second kappa shape index (κ2) is 5.89. The Bertz CT molecular complexity index is 438. The van der Waals surface area contributed by atoms with Crippen LogP contribution in [0.3, 0.4) is 0 Å². The lowest BCUT2D eigenvalue weighted by Crippen LogP contribution is -2.43. The van der Waals surface area contributed by atoms with Gasteiger partial charge in [0.1, 0.15) is 0 Å². The Labute approximate surface area is 114 Å². The second-order valence-corrected chi connectivity index (χ2v) is 6.21. The molecule has 0 radical (unpaired) electrons. The zero-order valence-electron chi connectivity index (χ0n) is 11.4. The summed E-state index contributed by atoms with van der Waals surface area (Å²) in [5.74, 6) is 2.54. The van der Waals surface area contributed by atoms with E-state index in [2.05, 4.69) is 18.7 Å². The Morgan fingerprint density at radius 3 is 2.50 bits per heavy atom. The monoisotopic (exact) mass is 263 g/mol. The lowest BCUT2D eigenvalue weighted by Gasteiger charge is -2.31. The summed E-state index contributed by atoms with van der Waals surface area (Å²) in [6.07, 6.45) is 0. The Morgan fingerprint density at radius 1 is 1.22 bits per heavy atom. The van der Waals surface area contributed by atoms with Crippen molar-refractivity contribution in [2.45, 2.75) is 26.8 Å². The molecule has 0 amide bonds. The zero-order chi connectivity index (χ0) is 13.1. The maximum absolute atomic E-state index is 12.5. The smallest absolute Gasteiger partial charge is 0.179 e. The van der Waals surface area contributed by atoms with Gasteiger partial charge in [-0.1, -0.05) is 12.1 Å². The van der Waals surface area contributed by atoms with Gasteiger partial charge in [-0.15, -0.1) is 0 Å². The molecule has 0 aliphatic carbocycles. The predicted molar refractivity (Wildman–Crippen MR) is 78.6 cm³/mol. The number of ketones is 1. The molecule has 1 aromatic rings. The standard InChI is InChI=1S/C15H21NOS/c1-11-4-5-14(10-12(11)2)15(17)13(3)16-6-8-18-9-7-16/h4-5,10,13H,6-9H2,1-3H3. The molecule has 98 valence electrons. The maximum atomic E-state index is 12.5. The van der Waals surface area contributed by atoms with E-state index in [1.165, 1.54) is 11.1 Å². The molecule has 1 aliphatic rings. The Morgan fingerprint density at radius 2 is 1.89 bits per heavy atom. The third-order valence-electron chi connectivity index (χ3n) is 3.76. The number of thioether (sulfide) groups is 1. The summed E-state index contributed by atoms with van der Waals surface area (Å²) in [5, 5.41) is 0. The minimum atomic E-state index is 0.00741. The number of nitrogens with zero attached hydrogens (tertiary/aromatic N) is 1. The van der Waals surface area contributed by atoms with Crippen LogP contribution < -0.4 is 0 Å². The van der Waals surface area contributed by atoms with Crippen LogP contribution in [0, 0.1) is 13.8 Å². The number of hydrogen-bond acceptors (Lipinski definition) is 3. The van der Waals surface area contributed by atoms with E-state index in [1.807, 2.05) is 36.9 Å². The van der Waals surface area contributed by atoms with Gasteiger partial charge >= 0.3 is 0 Å². The largest absolute Gasteiger partial charge is 0.292 e. The van der Waals surface area contributed by atoms with Crippen LogP contribution in [-0.2, 0) is 0 Å². The van der Waals surface area contributed by atoms with Gasteiger partial charge in [0.15, 0.2) is 5.78 Å². The molecule has 3 heteroatoms. The molecule has 1 heterocycles. The van der Waals surface area contributed by atoms with Gasteiger partial charge in [0.05, 0.1) is 6.04 Å². The van der Waals surface area contributed by atoms with Crippen LogP contribution in [0.2, 0.25) is 0 Å². The Balaban J connectivity index is 2.11. The van der Waals surface area contributed by atoms with Crippen molar-refractivity contribution in [2.75, 3.05) is 24.6 Å². The molecule has 0 saturated carbocycles. The Hall–Kier alpha value is -0.800. The predicted octanol–water partition coefficient (Wildman–Crippen LogP) is 2.92. The highest BCUT2D eigenvalue weighted by Crippen LogP contribution is 2.17. The van der Waals surface area contributed by atoms with E-state index in [-0.39, 0.29) is 11.8 Å². The number of carbonyl (C=O) groups excluding carboxylic acids is 1. The van der Waals surface area contributed by atoms with Crippen molar-refractivity contribution in [3.05, 3.63) is 34.9 Å². The quantitative estimate of drug-likeness (QED) is 0.782. The van der Waals surface area contributed by atoms with Crippen LogP contribution in [0.1, 0.15) is 28.4 Å². The molecule has 1 aromatic carbocycles. The van der Waals surface area contributed by atoms with E-state index in [4.69, 9.17) is 0 Å². The molecule has 2 rings (SSSR count).